The highest BCUT2D eigenvalue weighted by molar-refractivity contribution is 5.77. The Morgan fingerprint density at radius 2 is 2.17 bits per heavy atom. The minimum atomic E-state index is 0.0743. The summed E-state index contributed by atoms with van der Waals surface area (Å²) in [5.74, 6) is 1.50. The number of aromatic nitrogens is 2. The molecule has 1 atom stereocenters. The molecule has 0 N–H and O–H groups in total. The number of likely N-dealkylation sites (tertiary alicyclic amines) is 1. The molecular weight excluding hydrogens is 302 g/mol. The number of ether oxygens (including phenoxy) is 1. The van der Waals surface area contributed by atoms with Gasteiger partial charge in [-0.05, 0) is 25.3 Å². The number of benzene rings is 1. The summed E-state index contributed by atoms with van der Waals surface area (Å²) in [5.41, 5.74) is 1.09. The molecule has 0 aliphatic carbocycles. The van der Waals surface area contributed by atoms with Gasteiger partial charge in [0.1, 0.15) is 12.4 Å². The van der Waals surface area contributed by atoms with E-state index in [-0.39, 0.29) is 12.5 Å². The second kappa shape index (κ2) is 8.11. The van der Waals surface area contributed by atoms with Crippen LogP contribution in [0.1, 0.15) is 37.1 Å². The average Bonchev–Trinajstić information content (AvgIpc) is 3.11. The maximum atomic E-state index is 12.4. The normalized spacial score (nSPS) is 17.9. The Hall–Kier alpha value is -2.14. The van der Waals surface area contributed by atoms with Crippen molar-refractivity contribution in [1.82, 2.24) is 14.5 Å². The quantitative estimate of drug-likeness (QED) is 0.820. The number of imidazole rings is 1. The van der Waals surface area contributed by atoms with Crippen molar-refractivity contribution in [2.75, 3.05) is 19.7 Å². The van der Waals surface area contributed by atoms with Gasteiger partial charge in [-0.25, -0.2) is 4.98 Å². The van der Waals surface area contributed by atoms with Crippen LogP contribution in [0.15, 0.2) is 42.7 Å². The van der Waals surface area contributed by atoms with Crippen LogP contribution in [-0.4, -0.2) is 40.1 Å². The molecule has 1 aliphatic rings. The minimum Gasteiger partial charge on any atom is -0.367 e. The van der Waals surface area contributed by atoms with Crippen molar-refractivity contribution in [2.45, 2.75) is 38.8 Å². The number of carbonyl (C=O) groups excluding carboxylic acids is 1. The van der Waals surface area contributed by atoms with Crippen molar-refractivity contribution >= 4 is 5.91 Å². The Morgan fingerprint density at radius 1 is 1.33 bits per heavy atom. The van der Waals surface area contributed by atoms with Crippen molar-refractivity contribution in [1.29, 1.82) is 0 Å². The topological polar surface area (TPSA) is 47.4 Å². The van der Waals surface area contributed by atoms with Gasteiger partial charge in [-0.2, -0.15) is 0 Å². The molecular formula is C19H25N3O2. The van der Waals surface area contributed by atoms with Gasteiger partial charge in [0.05, 0.1) is 6.61 Å². The largest absolute Gasteiger partial charge is 0.367 e. The molecule has 1 aromatic heterocycles. The van der Waals surface area contributed by atoms with Crippen LogP contribution in [0.4, 0.5) is 0 Å². The summed E-state index contributed by atoms with van der Waals surface area (Å²) < 4.78 is 7.76. The lowest BCUT2D eigenvalue weighted by Crippen LogP contribution is -2.41. The Kier molecular flexibility index (Phi) is 5.64. The molecule has 2 heterocycles. The summed E-state index contributed by atoms with van der Waals surface area (Å²) in [6.07, 6.45) is 5.97. The lowest BCUT2D eigenvalue weighted by Gasteiger charge is -2.32. The molecule has 1 fully saturated rings. The van der Waals surface area contributed by atoms with Gasteiger partial charge in [0.2, 0.25) is 5.91 Å². The van der Waals surface area contributed by atoms with Gasteiger partial charge in [-0.3, -0.25) is 4.79 Å². The third-order valence-corrected chi connectivity index (χ3v) is 4.56. The van der Waals surface area contributed by atoms with E-state index in [0.29, 0.717) is 12.5 Å². The van der Waals surface area contributed by atoms with Gasteiger partial charge < -0.3 is 14.2 Å². The molecule has 0 bridgehead atoms. The first-order valence-corrected chi connectivity index (χ1v) is 8.68. The zero-order valence-electron chi connectivity index (χ0n) is 14.2. The average molecular weight is 327 g/mol. The van der Waals surface area contributed by atoms with Gasteiger partial charge >= 0.3 is 0 Å². The maximum absolute atomic E-state index is 12.4. The Bertz CT molecular complexity index is 654. The van der Waals surface area contributed by atoms with E-state index in [0.717, 1.165) is 43.9 Å². The molecule has 5 heteroatoms. The molecule has 128 valence electrons. The Morgan fingerprint density at radius 3 is 2.96 bits per heavy atom. The standard InChI is InChI=1S/C19H25N3O2/c1-2-21-12-10-20-19(21)17-9-6-11-22(13-17)18(23)15-24-14-16-7-4-3-5-8-16/h3-5,7-8,10,12,17H,2,6,9,11,13-15H2,1H3. The molecule has 1 unspecified atom stereocenters. The minimum absolute atomic E-state index is 0.0743. The molecule has 24 heavy (non-hydrogen) atoms. The van der Waals surface area contributed by atoms with Crippen LogP contribution >= 0.6 is 0 Å². The van der Waals surface area contributed by atoms with Crippen LogP contribution in [0.3, 0.4) is 0 Å². The second-order valence-corrected chi connectivity index (χ2v) is 6.23. The predicted octanol–water partition coefficient (Wildman–Crippen LogP) is 2.83. The van der Waals surface area contributed by atoms with E-state index in [9.17, 15) is 4.79 Å². The summed E-state index contributed by atoms with van der Waals surface area (Å²) in [6.45, 7) is 5.21. The van der Waals surface area contributed by atoms with Gasteiger partial charge in [-0.15, -0.1) is 0 Å². The SMILES string of the molecule is CCn1ccnc1C1CCCN(C(=O)COCc2ccccc2)C1. The molecule has 5 nitrogen and oxygen atoms in total. The number of amides is 1. The molecule has 1 aromatic carbocycles. The highest BCUT2D eigenvalue weighted by atomic mass is 16.5. The fourth-order valence-corrected chi connectivity index (χ4v) is 3.28. The van der Waals surface area contributed by atoms with Crippen molar-refractivity contribution in [3.63, 3.8) is 0 Å². The van der Waals surface area contributed by atoms with E-state index < -0.39 is 0 Å². The summed E-state index contributed by atoms with van der Waals surface area (Å²) >= 11 is 0. The van der Waals surface area contributed by atoms with Gasteiger partial charge in [0, 0.05) is 37.9 Å². The Balaban J connectivity index is 1.51. The van der Waals surface area contributed by atoms with Crippen LogP contribution in [0, 0.1) is 0 Å². The van der Waals surface area contributed by atoms with Crippen LogP contribution < -0.4 is 0 Å². The highest BCUT2D eigenvalue weighted by Gasteiger charge is 2.27. The number of carbonyl (C=O) groups is 1. The zero-order chi connectivity index (χ0) is 16.8. The number of piperidine rings is 1. The third-order valence-electron chi connectivity index (χ3n) is 4.56. The molecule has 2 aromatic rings. The molecule has 0 saturated carbocycles. The van der Waals surface area contributed by atoms with E-state index >= 15 is 0 Å². The predicted molar refractivity (Wildman–Crippen MR) is 92.6 cm³/mol. The fraction of sp³-hybridized carbons (Fsp3) is 0.474. The number of hydrogen-bond donors (Lipinski definition) is 0. The smallest absolute Gasteiger partial charge is 0.248 e. The molecule has 0 spiro atoms. The van der Waals surface area contributed by atoms with Gasteiger partial charge in [-0.1, -0.05) is 30.3 Å². The van der Waals surface area contributed by atoms with Crippen LogP contribution in [0.2, 0.25) is 0 Å². The van der Waals surface area contributed by atoms with Crippen LogP contribution in [-0.2, 0) is 22.7 Å². The third kappa shape index (κ3) is 4.03. The second-order valence-electron chi connectivity index (χ2n) is 6.23. The summed E-state index contributed by atoms with van der Waals surface area (Å²) in [5, 5.41) is 0. The van der Waals surface area contributed by atoms with E-state index in [4.69, 9.17) is 4.74 Å². The molecule has 1 saturated heterocycles. The van der Waals surface area contributed by atoms with Crippen molar-refractivity contribution in [2.24, 2.45) is 0 Å². The monoisotopic (exact) mass is 327 g/mol. The summed E-state index contributed by atoms with van der Waals surface area (Å²) in [7, 11) is 0. The van der Waals surface area contributed by atoms with E-state index in [1.54, 1.807) is 0 Å². The summed E-state index contributed by atoms with van der Waals surface area (Å²) in [6, 6.07) is 9.94. The van der Waals surface area contributed by atoms with E-state index in [1.165, 1.54) is 0 Å². The first kappa shape index (κ1) is 16.7. The van der Waals surface area contributed by atoms with E-state index in [2.05, 4.69) is 16.5 Å². The molecule has 3 rings (SSSR count). The van der Waals surface area contributed by atoms with Crippen LogP contribution in [0.25, 0.3) is 0 Å². The first-order valence-electron chi connectivity index (χ1n) is 8.68. The number of hydrogen-bond acceptors (Lipinski definition) is 3. The molecule has 0 radical (unpaired) electrons. The molecule has 1 aliphatic heterocycles. The van der Waals surface area contributed by atoms with E-state index in [1.807, 2.05) is 47.6 Å². The number of rotatable bonds is 6. The zero-order valence-corrected chi connectivity index (χ0v) is 14.2. The van der Waals surface area contributed by atoms with Crippen LogP contribution in [0.5, 0.6) is 0 Å². The number of aryl methyl sites for hydroxylation is 1. The molecule has 1 amide bonds. The summed E-state index contributed by atoms with van der Waals surface area (Å²) in [4.78, 5) is 18.9. The maximum Gasteiger partial charge on any atom is 0.248 e. The first-order chi connectivity index (χ1) is 11.8. The van der Waals surface area contributed by atoms with Crippen molar-refractivity contribution in [3.05, 3.63) is 54.1 Å². The highest BCUT2D eigenvalue weighted by Crippen LogP contribution is 2.25. The fourth-order valence-electron chi connectivity index (χ4n) is 3.28. The van der Waals surface area contributed by atoms with Gasteiger partial charge in [0.25, 0.3) is 0 Å². The van der Waals surface area contributed by atoms with Crippen molar-refractivity contribution < 1.29 is 9.53 Å². The van der Waals surface area contributed by atoms with Gasteiger partial charge in [0.15, 0.2) is 0 Å². The lowest BCUT2D eigenvalue weighted by atomic mass is 9.97. The van der Waals surface area contributed by atoms with Crippen molar-refractivity contribution in [3.8, 4) is 0 Å². The lowest BCUT2D eigenvalue weighted by molar-refractivity contribution is -0.137. The number of nitrogens with zero attached hydrogens (tertiary/aromatic N) is 3. The Labute approximate surface area is 143 Å².